The third-order valence-electron chi connectivity index (χ3n) is 0.515. The first kappa shape index (κ1) is 17.1. The Labute approximate surface area is 75.6 Å². The van der Waals surface area contributed by atoms with Gasteiger partial charge in [-0.25, -0.2) is 0 Å². The Morgan fingerprint density at radius 2 is 1.55 bits per heavy atom. The molecule has 0 spiro atoms. The normalized spacial score (nSPS) is 8.45. The number of hydrogen-bond donors (Lipinski definition) is 0. The first-order chi connectivity index (χ1) is 5.31. The lowest BCUT2D eigenvalue weighted by Crippen LogP contribution is -1.90. The van der Waals surface area contributed by atoms with Crippen molar-refractivity contribution in [3.8, 4) is 0 Å². The van der Waals surface area contributed by atoms with Crippen LogP contribution in [0, 0.1) is 0 Å². The van der Waals surface area contributed by atoms with Gasteiger partial charge in [0, 0.05) is 13.2 Å². The van der Waals surface area contributed by atoms with Crippen molar-refractivity contribution >= 4 is 17.8 Å². The van der Waals surface area contributed by atoms with Crippen LogP contribution in [0.1, 0.15) is 34.6 Å². The van der Waals surface area contributed by atoms with Gasteiger partial charge in [-0.1, -0.05) is 27.7 Å². The van der Waals surface area contributed by atoms with Crippen LogP contribution >= 0.6 is 11.9 Å². The fraction of sp³-hybridized carbons (Fsp3) is 0.875. The van der Waals surface area contributed by atoms with Gasteiger partial charge >= 0.3 is 0 Å². The van der Waals surface area contributed by atoms with Gasteiger partial charge in [0.2, 0.25) is 0 Å². The van der Waals surface area contributed by atoms with Gasteiger partial charge in [0.15, 0.2) is 5.90 Å². The zero-order valence-electron chi connectivity index (χ0n) is 8.76. The smallest absolute Gasteiger partial charge is 0.191 e. The highest BCUT2D eigenvalue weighted by atomic mass is 32.2. The summed E-state index contributed by atoms with van der Waals surface area (Å²) in [6, 6.07) is 0. The summed E-state index contributed by atoms with van der Waals surface area (Å²) < 4.78 is 8.57. The fourth-order valence-corrected chi connectivity index (χ4v) is 0.497. The third kappa shape index (κ3) is 25.8. The van der Waals surface area contributed by atoms with Crippen molar-refractivity contribution in [2.75, 3.05) is 13.4 Å². The van der Waals surface area contributed by atoms with Crippen LogP contribution in [0.3, 0.4) is 0 Å². The summed E-state index contributed by atoms with van der Waals surface area (Å²) in [4.78, 5) is 0. The van der Waals surface area contributed by atoms with Gasteiger partial charge in [-0.15, -0.1) is 0 Å². The molecule has 0 N–H and O–H groups in total. The van der Waals surface area contributed by atoms with Crippen molar-refractivity contribution in [2.45, 2.75) is 34.6 Å². The fourth-order valence-electron chi connectivity index (χ4n) is 0.166. The molecule has 0 radical (unpaired) electrons. The van der Waals surface area contributed by atoms with E-state index in [9.17, 15) is 0 Å². The molecule has 0 aliphatic carbocycles. The monoisotopic (exact) mass is 179 g/mol. The number of hydrogen-bond acceptors (Lipinski definition) is 3. The Bertz CT molecular complexity index is 74.5. The van der Waals surface area contributed by atoms with Gasteiger partial charge in [0.25, 0.3) is 0 Å². The molecule has 0 aliphatic rings. The molecule has 0 rings (SSSR count). The molecule has 0 bridgehead atoms. The highest BCUT2D eigenvalue weighted by Crippen LogP contribution is 1.93. The molecule has 0 saturated heterocycles. The molecule has 70 valence electrons. The Morgan fingerprint density at radius 3 is 1.64 bits per heavy atom. The topological polar surface area (TPSA) is 21.6 Å². The van der Waals surface area contributed by atoms with Crippen LogP contribution in [0.2, 0.25) is 0 Å². The minimum atomic E-state index is 0.715. The molecule has 0 aromatic heterocycles. The predicted molar refractivity (Wildman–Crippen MR) is 56.3 cm³/mol. The quantitative estimate of drug-likeness (QED) is 0.349. The second-order valence-electron chi connectivity index (χ2n) is 0.997. The Hall–Kier alpha value is -0.180. The van der Waals surface area contributed by atoms with E-state index in [2.05, 4.69) is 4.40 Å². The average Bonchev–Trinajstić information content (AvgIpc) is 2.12. The molecule has 0 atom stereocenters. The summed E-state index contributed by atoms with van der Waals surface area (Å²) in [6.07, 6.45) is 1.89. The van der Waals surface area contributed by atoms with E-state index in [1.165, 1.54) is 11.9 Å². The van der Waals surface area contributed by atoms with Crippen molar-refractivity contribution in [3.05, 3.63) is 0 Å². The second kappa shape index (κ2) is 22.6. The molecular weight excluding hydrogens is 158 g/mol. The minimum absolute atomic E-state index is 0.715. The van der Waals surface area contributed by atoms with Crippen LogP contribution in [0.4, 0.5) is 0 Å². The van der Waals surface area contributed by atoms with Crippen molar-refractivity contribution in [2.24, 2.45) is 4.40 Å². The van der Waals surface area contributed by atoms with E-state index in [0.717, 1.165) is 0 Å². The first-order valence-electron chi connectivity index (χ1n) is 3.93. The van der Waals surface area contributed by atoms with Gasteiger partial charge < -0.3 is 4.74 Å². The molecule has 0 amide bonds. The Morgan fingerprint density at radius 1 is 1.18 bits per heavy atom. The van der Waals surface area contributed by atoms with E-state index in [1.54, 1.807) is 7.11 Å². The van der Waals surface area contributed by atoms with Crippen molar-refractivity contribution < 1.29 is 4.74 Å². The van der Waals surface area contributed by atoms with Gasteiger partial charge in [0.1, 0.15) is 0 Å². The lowest BCUT2D eigenvalue weighted by molar-refractivity contribution is 0.401. The third-order valence-corrected chi connectivity index (χ3v) is 0.955. The highest BCUT2D eigenvalue weighted by Gasteiger charge is 1.78. The maximum Gasteiger partial charge on any atom is 0.191 e. The zero-order valence-corrected chi connectivity index (χ0v) is 9.58. The SMILES string of the molecule is CC.CC.CO/C(C)=N/SC. The van der Waals surface area contributed by atoms with Gasteiger partial charge in [-0.05, 0) is 11.9 Å². The summed E-state index contributed by atoms with van der Waals surface area (Å²) in [5.74, 6) is 0.715. The molecule has 3 heteroatoms. The maximum absolute atomic E-state index is 4.72. The largest absolute Gasteiger partial charge is 0.484 e. The van der Waals surface area contributed by atoms with Crippen LogP contribution in [0.5, 0.6) is 0 Å². The summed E-state index contributed by atoms with van der Waals surface area (Å²) in [7, 11) is 1.61. The van der Waals surface area contributed by atoms with Gasteiger partial charge in [0.05, 0.1) is 7.11 Å². The van der Waals surface area contributed by atoms with Crippen molar-refractivity contribution in [1.29, 1.82) is 0 Å². The summed E-state index contributed by atoms with van der Waals surface area (Å²) in [6.45, 7) is 9.82. The van der Waals surface area contributed by atoms with E-state index in [1.807, 2.05) is 40.9 Å². The van der Waals surface area contributed by atoms with E-state index in [-0.39, 0.29) is 0 Å². The molecule has 0 aliphatic heterocycles. The Kier molecular flexibility index (Phi) is 35.0. The van der Waals surface area contributed by atoms with Crippen molar-refractivity contribution in [3.63, 3.8) is 0 Å². The van der Waals surface area contributed by atoms with Crippen LogP contribution in [-0.2, 0) is 4.74 Å². The first-order valence-corrected chi connectivity index (χ1v) is 5.11. The van der Waals surface area contributed by atoms with Crippen LogP contribution in [-0.4, -0.2) is 19.3 Å². The van der Waals surface area contributed by atoms with E-state index in [0.29, 0.717) is 5.90 Å². The van der Waals surface area contributed by atoms with Crippen LogP contribution in [0.15, 0.2) is 4.40 Å². The van der Waals surface area contributed by atoms with Crippen LogP contribution in [0.25, 0.3) is 0 Å². The molecule has 0 aromatic rings. The molecule has 0 fully saturated rings. The average molecular weight is 179 g/mol. The van der Waals surface area contributed by atoms with E-state index < -0.39 is 0 Å². The summed E-state index contributed by atoms with van der Waals surface area (Å²) in [5, 5.41) is 0. The predicted octanol–water partition coefficient (Wildman–Crippen LogP) is 3.38. The molecule has 0 aromatic carbocycles. The standard InChI is InChI=1S/C4H9NOS.2C2H6/c1-4(6-2)5-7-3;2*1-2/h1-3H3;2*1-2H3/b5-4+;;. The van der Waals surface area contributed by atoms with E-state index >= 15 is 0 Å². The minimum Gasteiger partial charge on any atom is -0.484 e. The van der Waals surface area contributed by atoms with Gasteiger partial charge in [-0.3, -0.25) is 0 Å². The van der Waals surface area contributed by atoms with Crippen LogP contribution < -0.4 is 0 Å². The number of ether oxygens (including phenoxy) is 1. The van der Waals surface area contributed by atoms with E-state index in [4.69, 9.17) is 4.74 Å². The Balaban J connectivity index is -0.000000138. The highest BCUT2D eigenvalue weighted by molar-refractivity contribution is 7.97. The molecule has 0 heterocycles. The number of nitrogens with zero attached hydrogens (tertiary/aromatic N) is 1. The molecule has 11 heavy (non-hydrogen) atoms. The van der Waals surface area contributed by atoms with Crippen molar-refractivity contribution in [1.82, 2.24) is 0 Å². The lowest BCUT2D eigenvalue weighted by Gasteiger charge is -1.91. The van der Waals surface area contributed by atoms with Gasteiger partial charge in [-0.2, -0.15) is 4.40 Å². The molecule has 0 saturated carbocycles. The lowest BCUT2D eigenvalue weighted by atomic mass is 10.8. The maximum atomic E-state index is 4.72. The zero-order chi connectivity index (χ0) is 9.70. The number of methoxy groups -OCH3 is 1. The molecule has 2 nitrogen and oxygen atoms in total. The molecule has 0 unspecified atom stereocenters. The number of rotatable bonds is 1. The summed E-state index contributed by atoms with van der Waals surface area (Å²) >= 11 is 1.40. The summed E-state index contributed by atoms with van der Waals surface area (Å²) in [5.41, 5.74) is 0. The molecular formula is C8H21NOS. The second-order valence-corrected chi connectivity index (χ2v) is 1.54.